The van der Waals surface area contributed by atoms with E-state index < -0.39 is 32.2 Å². The molecular weight excluding hydrogens is 376 g/mol. The van der Waals surface area contributed by atoms with Gasteiger partial charge in [0.25, 0.3) is 5.91 Å². The lowest BCUT2D eigenvalue weighted by molar-refractivity contribution is 0.0595. The van der Waals surface area contributed by atoms with Gasteiger partial charge in [0.05, 0.1) is 30.2 Å². The number of nitrogens with one attached hydrogen (secondary N) is 1. The second kappa shape index (κ2) is 7.64. The number of amides is 1. The number of nitrogen functional groups attached to an aromatic ring is 1. The third-order valence-corrected chi connectivity index (χ3v) is 5.75. The van der Waals surface area contributed by atoms with Crippen molar-refractivity contribution >= 4 is 27.4 Å². The number of hydrogen-bond donors (Lipinski definition) is 3. The van der Waals surface area contributed by atoms with Gasteiger partial charge in [-0.25, -0.2) is 18.7 Å². The highest BCUT2D eigenvalue weighted by molar-refractivity contribution is 7.91. The van der Waals surface area contributed by atoms with E-state index in [-0.39, 0.29) is 21.7 Å². The van der Waals surface area contributed by atoms with Gasteiger partial charge in [-0.2, -0.15) is 0 Å². The van der Waals surface area contributed by atoms with Crippen molar-refractivity contribution in [2.45, 2.75) is 16.7 Å². The Hall–Kier alpha value is -3.11. The summed E-state index contributed by atoms with van der Waals surface area (Å²) in [5, 5.41) is 9.04. The fourth-order valence-corrected chi connectivity index (χ4v) is 4.14. The molecule has 27 heavy (non-hydrogen) atoms. The Labute approximate surface area is 155 Å². The summed E-state index contributed by atoms with van der Waals surface area (Å²) in [6, 6.07) is 6.55. The van der Waals surface area contributed by atoms with Crippen LogP contribution in [-0.4, -0.2) is 39.7 Å². The molecule has 4 N–H and O–H groups in total. The van der Waals surface area contributed by atoms with Crippen molar-refractivity contribution in [1.29, 1.82) is 0 Å². The van der Waals surface area contributed by atoms with Crippen LogP contribution in [0.15, 0.2) is 40.1 Å². The van der Waals surface area contributed by atoms with Gasteiger partial charge in [0.2, 0.25) is 9.84 Å². The molecule has 1 amide bonds. The van der Waals surface area contributed by atoms with Gasteiger partial charge in [-0.1, -0.05) is 0 Å². The van der Waals surface area contributed by atoms with Crippen LogP contribution in [0.3, 0.4) is 0 Å². The number of carbonyl (C=O) groups is 2. The van der Waals surface area contributed by atoms with Gasteiger partial charge in [-0.3, -0.25) is 10.0 Å². The van der Waals surface area contributed by atoms with Gasteiger partial charge < -0.3 is 15.2 Å². The standard InChI is InChI=1S/C17H18N2O7S/c1-9-8-12(17(21)26-3)15(13(14(9)18)16(20)19-22)27(23,24)11-6-4-10(25-2)5-7-11/h4-8,22H,18H2,1-3H3,(H,19,20). The van der Waals surface area contributed by atoms with Gasteiger partial charge in [-0.15, -0.1) is 0 Å². The average molecular weight is 394 g/mol. The fourth-order valence-electron chi connectivity index (χ4n) is 2.51. The number of hydrogen-bond acceptors (Lipinski definition) is 8. The molecule has 0 aliphatic carbocycles. The van der Waals surface area contributed by atoms with Crippen LogP contribution in [0.5, 0.6) is 5.75 Å². The highest BCUT2D eigenvalue weighted by Crippen LogP contribution is 2.34. The second-order valence-electron chi connectivity index (χ2n) is 5.47. The summed E-state index contributed by atoms with van der Waals surface area (Å²) >= 11 is 0. The Morgan fingerprint density at radius 2 is 1.74 bits per heavy atom. The van der Waals surface area contributed by atoms with E-state index in [4.69, 9.17) is 15.7 Å². The molecule has 0 fully saturated rings. The molecule has 0 atom stereocenters. The number of hydroxylamine groups is 1. The maximum atomic E-state index is 13.2. The molecule has 10 heteroatoms. The number of rotatable bonds is 5. The van der Waals surface area contributed by atoms with Gasteiger partial charge in [0.1, 0.15) is 10.6 Å². The van der Waals surface area contributed by atoms with Gasteiger partial charge in [-0.05, 0) is 42.8 Å². The molecule has 0 radical (unpaired) electrons. The van der Waals surface area contributed by atoms with E-state index in [1.807, 2.05) is 0 Å². The number of ether oxygens (including phenoxy) is 2. The molecule has 0 saturated heterocycles. The largest absolute Gasteiger partial charge is 0.497 e. The van der Waals surface area contributed by atoms with Crippen molar-refractivity contribution in [2.75, 3.05) is 20.0 Å². The third-order valence-electron chi connectivity index (χ3n) is 3.90. The lowest BCUT2D eigenvalue weighted by atomic mass is 10.0. The molecule has 0 saturated carbocycles. The zero-order valence-corrected chi connectivity index (χ0v) is 15.6. The van der Waals surface area contributed by atoms with Gasteiger partial charge >= 0.3 is 5.97 Å². The van der Waals surface area contributed by atoms with Crippen LogP contribution in [0.25, 0.3) is 0 Å². The number of sulfone groups is 1. The fraction of sp³-hybridized carbons (Fsp3) is 0.176. The molecular formula is C17H18N2O7S. The van der Waals surface area contributed by atoms with E-state index in [1.54, 1.807) is 0 Å². The first-order chi connectivity index (χ1) is 12.7. The Balaban J connectivity index is 2.91. The smallest absolute Gasteiger partial charge is 0.339 e. The topological polar surface area (TPSA) is 145 Å². The van der Waals surface area contributed by atoms with Crippen LogP contribution >= 0.6 is 0 Å². The van der Waals surface area contributed by atoms with Crippen LogP contribution in [0.2, 0.25) is 0 Å². The summed E-state index contributed by atoms with van der Waals surface area (Å²) in [5.74, 6) is -1.73. The van der Waals surface area contributed by atoms with Crippen molar-refractivity contribution < 1.29 is 32.7 Å². The summed E-state index contributed by atoms with van der Waals surface area (Å²) < 4.78 is 36.1. The van der Waals surface area contributed by atoms with E-state index in [2.05, 4.69) is 4.74 Å². The Bertz CT molecular complexity index is 999. The molecule has 0 heterocycles. The first-order valence-electron chi connectivity index (χ1n) is 7.54. The van der Waals surface area contributed by atoms with Crippen molar-refractivity contribution in [3.63, 3.8) is 0 Å². The highest BCUT2D eigenvalue weighted by atomic mass is 32.2. The van der Waals surface area contributed by atoms with Crippen LogP contribution in [0, 0.1) is 6.92 Å². The molecule has 2 rings (SSSR count). The quantitative estimate of drug-likeness (QED) is 0.298. The highest BCUT2D eigenvalue weighted by Gasteiger charge is 2.33. The van der Waals surface area contributed by atoms with Crippen molar-refractivity contribution in [3.8, 4) is 5.75 Å². The second-order valence-corrected chi connectivity index (χ2v) is 7.36. The summed E-state index contributed by atoms with van der Waals surface area (Å²) in [7, 11) is -1.89. The summed E-state index contributed by atoms with van der Waals surface area (Å²) in [4.78, 5) is 23.5. The Kier molecular flexibility index (Phi) is 5.72. The summed E-state index contributed by atoms with van der Waals surface area (Å²) in [6.07, 6.45) is 0. The molecule has 2 aromatic rings. The third kappa shape index (κ3) is 3.57. The average Bonchev–Trinajstić information content (AvgIpc) is 2.68. The lowest BCUT2D eigenvalue weighted by Gasteiger charge is -2.17. The maximum Gasteiger partial charge on any atom is 0.339 e. The number of nitrogens with two attached hydrogens (primary N) is 1. The van der Waals surface area contributed by atoms with Crippen LogP contribution in [0.4, 0.5) is 5.69 Å². The number of aryl methyl sites for hydroxylation is 1. The zero-order valence-electron chi connectivity index (χ0n) is 14.8. The minimum absolute atomic E-state index is 0.193. The van der Waals surface area contributed by atoms with E-state index in [0.717, 1.165) is 7.11 Å². The predicted molar refractivity (Wildman–Crippen MR) is 94.6 cm³/mol. The van der Waals surface area contributed by atoms with Crippen LogP contribution in [0.1, 0.15) is 26.3 Å². The predicted octanol–water partition coefficient (Wildman–Crippen LogP) is 1.32. The number of anilines is 1. The molecule has 9 nitrogen and oxygen atoms in total. The first kappa shape index (κ1) is 20.2. The molecule has 0 aliphatic heterocycles. The lowest BCUT2D eigenvalue weighted by Crippen LogP contribution is -2.26. The van der Waals surface area contributed by atoms with Crippen LogP contribution < -0.4 is 16.0 Å². The molecule has 0 unspecified atom stereocenters. The normalized spacial score (nSPS) is 11.0. The molecule has 144 valence electrons. The zero-order chi connectivity index (χ0) is 20.4. The molecule has 0 aliphatic rings. The number of esters is 1. The monoisotopic (exact) mass is 394 g/mol. The van der Waals surface area contributed by atoms with Crippen molar-refractivity contribution in [3.05, 3.63) is 47.0 Å². The van der Waals surface area contributed by atoms with E-state index in [0.29, 0.717) is 5.75 Å². The van der Waals surface area contributed by atoms with Crippen LogP contribution in [-0.2, 0) is 14.6 Å². The SMILES string of the molecule is COC(=O)c1cc(C)c(N)c(C(=O)NO)c1S(=O)(=O)c1ccc(OC)cc1. The Morgan fingerprint density at radius 1 is 1.15 bits per heavy atom. The van der Waals surface area contributed by atoms with Crippen molar-refractivity contribution in [1.82, 2.24) is 5.48 Å². The first-order valence-corrected chi connectivity index (χ1v) is 9.02. The Morgan fingerprint density at radius 3 is 2.22 bits per heavy atom. The van der Waals surface area contributed by atoms with E-state index >= 15 is 0 Å². The summed E-state index contributed by atoms with van der Waals surface area (Å²) in [5.41, 5.74) is 6.39. The van der Waals surface area contributed by atoms with E-state index in [9.17, 15) is 18.0 Å². The minimum atomic E-state index is -4.38. The summed E-state index contributed by atoms with van der Waals surface area (Å²) in [6.45, 7) is 1.49. The number of methoxy groups -OCH3 is 2. The molecule has 0 aromatic heterocycles. The maximum absolute atomic E-state index is 13.2. The van der Waals surface area contributed by atoms with Gasteiger partial charge in [0, 0.05) is 5.69 Å². The van der Waals surface area contributed by atoms with E-state index in [1.165, 1.54) is 49.8 Å². The molecule has 2 aromatic carbocycles. The molecule has 0 bridgehead atoms. The van der Waals surface area contributed by atoms with Gasteiger partial charge in [0.15, 0.2) is 0 Å². The molecule has 0 spiro atoms. The number of carbonyl (C=O) groups excluding carboxylic acids is 2. The van der Waals surface area contributed by atoms with Crippen molar-refractivity contribution in [2.24, 2.45) is 0 Å². The number of benzene rings is 2. The minimum Gasteiger partial charge on any atom is -0.497 e.